The van der Waals surface area contributed by atoms with Crippen molar-refractivity contribution in [3.05, 3.63) is 34.1 Å². The Hall–Kier alpha value is -0.480. The van der Waals surface area contributed by atoms with Crippen LogP contribution in [0, 0.1) is 5.82 Å². The molecule has 15 heavy (non-hydrogen) atoms. The van der Waals surface area contributed by atoms with Crippen molar-refractivity contribution in [1.82, 2.24) is 0 Å². The maximum absolute atomic E-state index is 14.3. The number of alkyl halides is 1. The third-order valence-electron chi connectivity index (χ3n) is 2.40. The zero-order valence-corrected chi connectivity index (χ0v) is 10.2. The van der Waals surface area contributed by atoms with Crippen molar-refractivity contribution in [2.24, 2.45) is 5.73 Å². The van der Waals surface area contributed by atoms with E-state index in [0.29, 0.717) is 6.42 Å². The molecule has 0 aliphatic carbocycles. The molecule has 1 nitrogen and oxygen atoms in total. The van der Waals surface area contributed by atoms with Gasteiger partial charge in [-0.15, -0.1) is 0 Å². The number of hydrogen-bond acceptors (Lipinski definition) is 1. The van der Waals surface area contributed by atoms with Crippen LogP contribution >= 0.6 is 15.9 Å². The smallest absolute Gasteiger partial charge is 0.150 e. The third-order valence-corrected chi connectivity index (χ3v) is 3.02. The molecule has 0 aromatic heterocycles. The van der Waals surface area contributed by atoms with E-state index in [1.165, 1.54) is 6.07 Å². The van der Waals surface area contributed by atoms with Gasteiger partial charge in [0.15, 0.2) is 5.67 Å². The van der Waals surface area contributed by atoms with Crippen LogP contribution in [0.5, 0.6) is 0 Å². The number of rotatable bonds is 4. The van der Waals surface area contributed by atoms with E-state index < -0.39 is 11.5 Å². The van der Waals surface area contributed by atoms with E-state index in [1.54, 1.807) is 12.1 Å². The molecule has 1 aromatic carbocycles. The zero-order valence-electron chi connectivity index (χ0n) is 8.56. The Balaban J connectivity index is 3.17. The van der Waals surface area contributed by atoms with Crippen molar-refractivity contribution in [2.75, 3.05) is 6.54 Å². The lowest BCUT2D eigenvalue weighted by Crippen LogP contribution is -2.31. The fourth-order valence-electron chi connectivity index (χ4n) is 1.59. The minimum absolute atomic E-state index is 0.0428. The first-order valence-electron chi connectivity index (χ1n) is 4.88. The molecule has 84 valence electrons. The Kier molecular flexibility index (Phi) is 4.22. The second-order valence-corrected chi connectivity index (χ2v) is 4.38. The van der Waals surface area contributed by atoms with Gasteiger partial charge in [0.25, 0.3) is 0 Å². The number of hydrogen-bond donors (Lipinski definition) is 1. The average Bonchev–Trinajstić information content (AvgIpc) is 2.22. The summed E-state index contributed by atoms with van der Waals surface area (Å²) in [5, 5.41) is 0. The number of halogens is 3. The first-order valence-corrected chi connectivity index (χ1v) is 5.68. The Bertz CT molecular complexity index is 343. The predicted octanol–water partition coefficient (Wildman–Crippen LogP) is 3.51. The molecule has 0 aliphatic heterocycles. The first kappa shape index (κ1) is 12.6. The van der Waals surface area contributed by atoms with Crippen LogP contribution in [0.3, 0.4) is 0 Å². The molecule has 1 rings (SSSR count). The highest BCUT2D eigenvalue weighted by Gasteiger charge is 2.32. The SMILES string of the molecule is CCCC(F)(CN)c1cccc(Br)c1F. The standard InChI is InChI=1S/C11H14BrF2N/c1-2-6-11(14,7-15)8-4-3-5-9(12)10(8)13/h3-5H,2,6-7,15H2,1H3. The summed E-state index contributed by atoms with van der Waals surface area (Å²) in [6.07, 6.45) is 0.858. The Morgan fingerprint density at radius 2 is 2.13 bits per heavy atom. The lowest BCUT2D eigenvalue weighted by Gasteiger charge is -2.24. The highest BCUT2D eigenvalue weighted by Crippen LogP contribution is 2.34. The van der Waals surface area contributed by atoms with Crippen LogP contribution in [0.2, 0.25) is 0 Å². The molecular formula is C11H14BrF2N. The summed E-state index contributed by atoms with van der Waals surface area (Å²) in [6, 6.07) is 4.60. The summed E-state index contributed by atoms with van der Waals surface area (Å²) in [6.45, 7) is 1.65. The van der Waals surface area contributed by atoms with Gasteiger partial charge in [-0.1, -0.05) is 25.5 Å². The van der Waals surface area contributed by atoms with E-state index in [4.69, 9.17) is 5.73 Å². The fourth-order valence-corrected chi connectivity index (χ4v) is 1.96. The maximum Gasteiger partial charge on any atom is 0.150 e. The van der Waals surface area contributed by atoms with E-state index >= 15 is 0 Å². The highest BCUT2D eigenvalue weighted by atomic mass is 79.9. The van der Waals surface area contributed by atoms with Gasteiger partial charge < -0.3 is 5.73 Å². The molecular weight excluding hydrogens is 264 g/mol. The molecule has 0 amide bonds. The van der Waals surface area contributed by atoms with Crippen molar-refractivity contribution in [3.8, 4) is 0 Å². The molecule has 0 bridgehead atoms. The van der Waals surface area contributed by atoms with Gasteiger partial charge in [-0.05, 0) is 28.4 Å². The minimum atomic E-state index is -1.76. The van der Waals surface area contributed by atoms with Gasteiger partial charge in [0.1, 0.15) is 5.82 Å². The highest BCUT2D eigenvalue weighted by molar-refractivity contribution is 9.10. The normalized spacial score (nSPS) is 15.0. The van der Waals surface area contributed by atoms with Gasteiger partial charge in [-0.25, -0.2) is 8.78 Å². The minimum Gasteiger partial charge on any atom is -0.327 e. The molecule has 0 saturated heterocycles. The van der Waals surface area contributed by atoms with Crippen molar-refractivity contribution >= 4 is 15.9 Å². The van der Waals surface area contributed by atoms with E-state index in [9.17, 15) is 8.78 Å². The van der Waals surface area contributed by atoms with Crippen molar-refractivity contribution in [1.29, 1.82) is 0 Å². The molecule has 2 N–H and O–H groups in total. The lowest BCUT2D eigenvalue weighted by atomic mass is 9.91. The van der Waals surface area contributed by atoms with Crippen LogP contribution in [0.4, 0.5) is 8.78 Å². The van der Waals surface area contributed by atoms with Gasteiger partial charge in [-0.3, -0.25) is 0 Å². The van der Waals surface area contributed by atoms with Crippen molar-refractivity contribution < 1.29 is 8.78 Å². The molecule has 1 aromatic rings. The molecule has 1 unspecified atom stereocenters. The van der Waals surface area contributed by atoms with Crippen molar-refractivity contribution in [2.45, 2.75) is 25.4 Å². The molecule has 1 atom stereocenters. The second-order valence-electron chi connectivity index (χ2n) is 3.52. The predicted molar refractivity (Wildman–Crippen MR) is 60.8 cm³/mol. The topological polar surface area (TPSA) is 26.0 Å². The summed E-state index contributed by atoms with van der Waals surface area (Å²) in [5.41, 5.74) is 3.67. The molecule has 0 radical (unpaired) electrons. The van der Waals surface area contributed by atoms with Crippen LogP contribution in [0.25, 0.3) is 0 Å². The number of nitrogens with two attached hydrogens (primary N) is 1. The molecule has 0 saturated carbocycles. The van der Waals surface area contributed by atoms with Crippen LogP contribution < -0.4 is 5.73 Å². The summed E-state index contributed by atoms with van der Waals surface area (Å²) < 4.78 is 28.2. The van der Waals surface area contributed by atoms with Crippen LogP contribution in [0.1, 0.15) is 25.3 Å². The van der Waals surface area contributed by atoms with E-state index in [-0.39, 0.29) is 23.0 Å². The van der Waals surface area contributed by atoms with Crippen LogP contribution in [-0.2, 0) is 5.67 Å². The zero-order chi connectivity index (χ0) is 11.5. The van der Waals surface area contributed by atoms with Gasteiger partial charge in [0.2, 0.25) is 0 Å². The summed E-state index contributed by atoms with van der Waals surface area (Å²) in [5.74, 6) is -0.557. The summed E-state index contributed by atoms with van der Waals surface area (Å²) in [4.78, 5) is 0. The maximum atomic E-state index is 14.3. The van der Waals surface area contributed by atoms with Crippen molar-refractivity contribution in [3.63, 3.8) is 0 Å². The van der Waals surface area contributed by atoms with E-state index in [0.717, 1.165) is 0 Å². The van der Waals surface area contributed by atoms with E-state index in [2.05, 4.69) is 15.9 Å². The van der Waals surface area contributed by atoms with E-state index in [1.807, 2.05) is 6.92 Å². The monoisotopic (exact) mass is 277 g/mol. The molecule has 0 heterocycles. The second kappa shape index (κ2) is 5.03. The Labute approximate surface area is 96.8 Å². The fraction of sp³-hybridized carbons (Fsp3) is 0.455. The quantitative estimate of drug-likeness (QED) is 0.896. The number of benzene rings is 1. The van der Waals surface area contributed by atoms with Gasteiger partial charge in [0, 0.05) is 12.1 Å². The van der Waals surface area contributed by atoms with Gasteiger partial charge >= 0.3 is 0 Å². The molecule has 0 fully saturated rings. The average molecular weight is 278 g/mol. The summed E-state index contributed by atoms with van der Waals surface area (Å²) in [7, 11) is 0. The Morgan fingerprint density at radius 3 is 2.67 bits per heavy atom. The van der Waals surface area contributed by atoms with Crippen LogP contribution in [0.15, 0.2) is 22.7 Å². The molecule has 4 heteroatoms. The summed E-state index contributed by atoms with van der Waals surface area (Å²) >= 11 is 3.04. The van der Waals surface area contributed by atoms with Gasteiger partial charge in [-0.2, -0.15) is 0 Å². The largest absolute Gasteiger partial charge is 0.327 e. The molecule has 0 aliphatic rings. The Morgan fingerprint density at radius 1 is 1.47 bits per heavy atom. The lowest BCUT2D eigenvalue weighted by molar-refractivity contribution is 0.153. The third kappa shape index (κ3) is 2.55. The van der Waals surface area contributed by atoms with Gasteiger partial charge in [0.05, 0.1) is 4.47 Å². The van der Waals surface area contributed by atoms with Crippen LogP contribution in [-0.4, -0.2) is 6.54 Å². The first-order chi connectivity index (χ1) is 7.05. The molecule has 0 spiro atoms.